The summed E-state index contributed by atoms with van der Waals surface area (Å²) in [6.07, 6.45) is 1.56. The molecule has 0 N–H and O–H groups in total. The van der Waals surface area contributed by atoms with Gasteiger partial charge >= 0.3 is 0 Å². The second-order valence-corrected chi connectivity index (χ2v) is 7.88. The molecule has 5 heteroatoms. The SMILES string of the molecule is [2H]c1cc(P(=O)(OCC)c2ccc(OC(C)C)c(C=C)c2)c([2H])c([2H])c1OC. The van der Waals surface area contributed by atoms with E-state index < -0.39 is 7.37 Å². The van der Waals surface area contributed by atoms with Crippen molar-refractivity contribution in [1.29, 1.82) is 0 Å². The van der Waals surface area contributed by atoms with Crippen LogP contribution in [0.25, 0.3) is 6.08 Å². The summed E-state index contributed by atoms with van der Waals surface area (Å²) in [5, 5.41) is 0.343. The molecule has 134 valence electrons. The van der Waals surface area contributed by atoms with Crippen molar-refractivity contribution in [3.8, 4) is 11.5 Å². The maximum atomic E-state index is 13.9. The maximum absolute atomic E-state index is 13.9. The normalized spacial score (nSPS) is 15.0. The number of hydrogen-bond donors (Lipinski definition) is 0. The lowest BCUT2D eigenvalue weighted by atomic mass is 10.2. The van der Waals surface area contributed by atoms with Crippen LogP contribution in [0, 0.1) is 0 Å². The second kappa shape index (κ2) is 8.37. The van der Waals surface area contributed by atoms with Crippen LogP contribution in [0.5, 0.6) is 11.5 Å². The smallest absolute Gasteiger partial charge is 0.261 e. The molecule has 0 bridgehead atoms. The third-order valence-corrected chi connectivity index (χ3v) is 5.85. The van der Waals surface area contributed by atoms with Crippen LogP contribution in [-0.4, -0.2) is 19.8 Å². The summed E-state index contributed by atoms with van der Waals surface area (Å²) in [7, 11) is -2.40. The van der Waals surface area contributed by atoms with Crippen molar-refractivity contribution in [2.24, 2.45) is 0 Å². The van der Waals surface area contributed by atoms with Crippen LogP contribution >= 0.6 is 7.37 Å². The van der Waals surface area contributed by atoms with Gasteiger partial charge in [-0.15, -0.1) is 0 Å². The van der Waals surface area contributed by atoms with E-state index >= 15 is 0 Å². The van der Waals surface area contributed by atoms with E-state index in [9.17, 15) is 4.57 Å². The largest absolute Gasteiger partial charge is 0.497 e. The van der Waals surface area contributed by atoms with Gasteiger partial charge in [-0.3, -0.25) is 4.57 Å². The molecule has 4 nitrogen and oxygen atoms in total. The molecule has 0 heterocycles. The summed E-state index contributed by atoms with van der Waals surface area (Å²) in [5.74, 6) is 0.559. The first-order valence-corrected chi connectivity index (χ1v) is 9.65. The van der Waals surface area contributed by atoms with Crippen molar-refractivity contribution in [2.45, 2.75) is 26.9 Å². The van der Waals surface area contributed by atoms with E-state index in [2.05, 4.69) is 6.58 Å². The molecule has 0 radical (unpaired) electrons. The van der Waals surface area contributed by atoms with Gasteiger partial charge in [0.25, 0.3) is 7.37 Å². The molecule has 0 aliphatic heterocycles. The van der Waals surface area contributed by atoms with Crippen LogP contribution in [0.3, 0.4) is 0 Å². The Kier molecular flexibility index (Phi) is 5.10. The maximum Gasteiger partial charge on any atom is 0.261 e. The van der Waals surface area contributed by atoms with Gasteiger partial charge in [0.05, 0.1) is 23.9 Å². The molecule has 0 spiro atoms. The molecule has 0 saturated carbocycles. The van der Waals surface area contributed by atoms with Crippen LogP contribution in [0.2, 0.25) is 0 Å². The number of methoxy groups -OCH3 is 1. The monoisotopic (exact) mass is 363 g/mol. The lowest BCUT2D eigenvalue weighted by Gasteiger charge is -2.21. The minimum absolute atomic E-state index is 0.00214. The third kappa shape index (κ3) is 4.33. The Hall–Kier alpha value is -2.03. The zero-order valence-corrected chi connectivity index (χ0v) is 15.9. The molecule has 0 saturated heterocycles. The van der Waals surface area contributed by atoms with Gasteiger partial charge in [0.15, 0.2) is 0 Å². The van der Waals surface area contributed by atoms with Gasteiger partial charge in [-0.05, 0) is 63.2 Å². The Balaban J connectivity index is 2.71. The summed E-state index contributed by atoms with van der Waals surface area (Å²) < 4.78 is 54.8. The third-order valence-electron chi connectivity index (χ3n) is 3.39. The van der Waals surface area contributed by atoms with Gasteiger partial charge in [-0.1, -0.05) is 12.7 Å². The Morgan fingerprint density at radius 3 is 2.60 bits per heavy atom. The van der Waals surface area contributed by atoms with E-state index in [-0.39, 0.29) is 41.9 Å². The minimum Gasteiger partial charge on any atom is -0.497 e. The Bertz CT molecular complexity index is 928. The first kappa shape index (κ1) is 15.2. The lowest BCUT2D eigenvalue weighted by Crippen LogP contribution is -2.19. The molecule has 2 rings (SSSR count). The van der Waals surface area contributed by atoms with E-state index in [1.807, 2.05) is 13.8 Å². The number of hydrogen-bond acceptors (Lipinski definition) is 4. The molecule has 0 amide bonds. The van der Waals surface area contributed by atoms with Crippen LogP contribution in [0.4, 0.5) is 0 Å². The van der Waals surface area contributed by atoms with Crippen LogP contribution in [-0.2, 0) is 9.09 Å². The molecule has 0 fully saturated rings. The first-order chi connectivity index (χ1) is 13.2. The van der Waals surface area contributed by atoms with E-state index in [1.54, 1.807) is 31.2 Å². The predicted octanol–water partition coefficient (Wildman–Crippen LogP) is 4.39. The second-order valence-electron chi connectivity index (χ2n) is 5.52. The number of benzene rings is 2. The lowest BCUT2D eigenvalue weighted by molar-refractivity contribution is 0.242. The highest BCUT2D eigenvalue weighted by Crippen LogP contribution is 2.45. The summed E-state index contributed by atoms with van der Waals surface area (Å²) in [6, 6.07) is 5.54. The quantitative estimate of drug-likeness (QED) is 0.653. The van der Waals surface area contributed by atoms with E-state index in [4.69, 9.17) is 18.1 Å². The van der Waals surface area contributed by atoms with Crippen molar-refractivity contribution in [3.63, 3.8) is 0 Å². The molecule has 0 aromatic heterocycles. The van der Waals surface area contributed by atoms with Crippen LogP contribution in [0.15, 0.2) is 49.0 Å². The van der Waals surface area contributed by atoms with Crippen LogP contribution < -0.4 is 20.1 Å². The zero-order chi connectivity index (χ0) is 21.1. The highest BCUT2D eigenvalue weighted by molar-refractivity contribution is 7.74. The molecular formula is C20H25O4P. The molecular weight excluding hydrogens is 335 g/mol. The van der Waals surface area contributed by atoms with Crippen molar-refractivity contribution < 1.29 is 22.7 Å². The van der Waals surface area contributed by atoms with Gasteiger partial charge in [-0.2, -0.15) is 0 Å². The molecule has 2 aromatic rings. The van der Waals surface area contributed by atoms with Gasteiger partial charge in [0.1, 0.15) is 11.5 Å². The van der Waals surface area contributed by atoms with E-state index in [1.165, 1.54) is 13.2 Å². The van der Waals surface area contributed by atoms with Crippen LogP contribution in [0.1, 0.15) is 30.4 Å². The fourth-order valence-corrected chi connectivity index (χ4v) is 4.25. The Labute approximate surface area is 154 Å². The topological polar surface area (TPSA) is 44.8 Å². The van der Waals surface area contributed by atoms with Crippen molar-refractivity contribution in [2.75, 3.05) is 13.7 Å². The molecule has 2 aromatic carbocycles. The molecule has 1 unspecified atom stereocenters. The molecule has 1 atom stereocenters. The van der Waals surface area contributed by atoms with Gasteiger partial charge in [0, 0.05) is 16.2 Å². The van der Waals surface area contributed by atoms with E-state index in [0.717, 1.165) is 0 Å². The highest BCUT2D eigenvalue weighted by atomic mass is 31.2. The van der Waals surface area contributed by atoms with Crippen molar-refractivity contribution in [1.82, 2.24) is 0 Å². The van der Waals surface area contributed by atoms with Crippen molar-refractivity contribution >= 4 is 24.1 Å². The highest BCUT2D eigenvalue weighted by Gasteiger charge is 2.29. The fourth-order valence-electron chi connectivity index (χ4n) is 2.30. The average molecular weight is 363 g/mol. The van der Waals surface area contributed by atoms with E-state index in [0.29, 0.717) is 16.6 Å². The first-order valence-electron chi connectivity index (χ1n) is 9.53. The predicted molar refractivity (Wildman–Crippen MR) is 104 cm³/mol. The summed E-state index contributed by atoms with van der Waals surface area (Å²) in [4.78, 5) is 0. The van der Waals surface area contributed by atoms with Gasteiger partial charge in [0.2, 0.25) is 0 Å². The zero-order valence-electron chi connectivity index (χ0n) is 18.0. The number of ether oxygens (including phenoxy) is 2. The summed E-state index contributed by atoms with van der Waals surface area (Å²) in [6.45, 7) is 9.43. The molecule has 0 aliphatic rings. The molecule has 0 aliphatic carbocycles. The minimum atomic E-state index is -3.73. The number of rotatable bonds is 8. The molecule has 25 heavy (non-hydrogen) atoms. The fraction of sp³-hybridized carbons (Fsp3) is 0.300. The summed E-state index contributed by atoms with van der Waals surface area (Å²) in [5.41, 5.74) is 0.642. The van der Waals surface area contributed by atoms with Gasteiger partial charge in [-0.25, -0.2) is 0 Å². The van der Waals surface area contributed by atoms with Crippen molar-refractivity contribution in [3.05, 3.63) is 54.5 Å². The Morgan fingerprint density at radius 2 is 2.00 bits per heavy atom. The van der Waals surface area contributed by atoms with Gasteiger partial charge < -0.3 is 14.0 Å². The summed E-state index contributed by atoms with van der Waals surface area (Å²) >= 11 is 0. The average Bonchev–Trinajstić information content (AvgIpc) is 2.65. The standard InChI is InChI=1S/C20H25O4P/c1-6-16-14-19(12-13-20(16)24-15(3)4)25(21,23-7-2)18-10-8-17(22-5)9-11-18/h6,8-15H,1,7H2,2-5H3/i8D,9D,10D. The Morgan fingerprint density at radius 1 is 1.24 bits per heavy atom.